The Morgan fingerprint density at radius 1 is 1.45 bits per heavy atom. The van der Waals surface area contributed by atoms with Crippen molar-refractivity contribution in [3.05, 3.63) is 16.5 Å². The first-order valence-corrected chi connectivity index (χ1v) is 10.5. The van der Waals surface area contributed by atoms with Gasteiger partial charge in [0.25, 0.3) is 5.91 Å². The molecular weight excluding hydrogens is 320 g/mol. The molecule has 1 fully saturated rings. The molecule has 122 valence electrons. The lowest BCUT2D eigenvalue weighted by Gasteiger charge is -2.19. The van der Waals surface area contributed by atoms with Crippen LogP contribution in [0.15, 0.2) is 6.07 Å². The van der Waals surface area contributed by atoms with Crippen LogP contribution in [-0.4, -0.2) is 45.0 Å². The van der Waals surface area contributed by atoms with E-state index in [1.54, 1.807) is 0 Å². The number of carbonyl (C=O) groups is 1. The van der Waals surface area contributed by atoms with Crippen LogP contribution in [0.5, 0.6) is 0 Å². The lowest BCUT2D eigenvalue weighted by Crippen LogP contribution is -2.35. The van der Waals surface area contributed by atoms with Crippen LogP contribution in [0.2, 0.25) is 0 Å². The van der Waals surface area contributed by atoms with Crippen LogP contribution >= 0.6 is 11.3 Å². The standard InChI is InChI=1S/C15H22N2O3S2/c1-2-17-7-4-3-5-11-9-13(21-15(11)17)14(18)16-12-6-8-22(19,20)10-12/h9,12H,2-8,10H2,1H3,(H,16,18). The van der Waals surface area contributed by atoms with E-state index in [2.05, 4.69) is 17.1 Å². The van der Waals surface area contributed by atoms with E-state index in [4.69, 9.17) is 0 Å². The number of anilines is 1. The number of carbonyl (C=O) groups excluding carboxylic acids is 1. The highest BCUT2D eigenvalue weighted by molar-refractivity contribution is 7.91. The molecule has 0 radical (unpaired) electrons. The molecule has 2 aliphatic heterocycles. The number of amides is 1. The van der Waals surface area contributed by atoms with Crippen molar-refractivity contribution in [2.24, 2.45) is 0 Å². The highest BCUT2D eigenvalue weighted by Crippen LogP contribution is 2.35. The second-order valence-electron chi connectivity index (χ2n) is 6.05. The van der Waals surface area contributed by atoms with Crippen LogP contribution in [0.25, 0.3) is 0 Å². The Morgan fingerprint density at radius 2 is 2.27 bits per heavy atom. The number of rotatable bonds is 3. The van der Waals surface area contributed by atoms with Crippen molar-refractivity contribution < 1.29 is 13.2 Å². The number of hydrogen-bond donors (Lipinski definition) is 1. The fourth-order valence-corrected chi connectivity index (χ4v) is 6.04. The molecule has 0 aliphatic carbocycles. The maximum atomic E-state index is 12.4. The second-order valence-corrected chi connectivity index (χ2v) is 9.31. The van der Waals surface area contributed by atoms with Crippen LogP contribution in [0, 0.1) is 0 Å². The first-order valence-electron chi connectivity index (χ1n) is 7.87. The predicted octanol–water partition coefficient (Wildman–Crippen LogP) is 1.83. The topological polar surface area (TPSA) is 66.5 Å². The monoisotopic (exact) mass is 342 g/mol. The van der Waals surface area contributed by atoms with Crippen molar-refractivity contribution in [2.45, 2.75) is 38.6 Å². The number of nitrogens with one attached hydrogen (secondary N) is 1. The van der Waals surface area contributed by atoms with Gasteiger partial charge in [-0.25, -0.2) is 8.42 Å². The number of nitrogens with zero attached hydrogens (tertiary/aromatic N) is 1. The van der Waals surface area contributed by atoms with Gasteiger partial charge in [-0.2, -0.15) is 0 Å². The number of fused-ring (bicyclic) bond motifs is 1. The largest absolute Gasteiger partial charge is 0.363 e. The zero-order chi connectivity index (χ0) is 15.7. The molecule has 0 bridgehead atoms. The molecule has 0 aromatic carbocycles. The molecule has 3 rings (SSSR count). The quantitative estimate of drug-likeness (QED) is 0.910. The highest BCUT2D eigenvalue weighted by Gasteiger charge is 2.30. The summed E-state index contributed by atoms with van der Waals surface area (Å²) >= 11 is 1.54. The fourth-order valence-electron chi connectivity index (χ4n) is 3.16. The molecule has 5 nitrogen and oxygen atoms in total. The SMILES string of the molecule is CCN1CCCCc2cc(C(=O)NC3CCS(=O)(=O)C3)sc21. The Hall–Kier alpha value is -1.08. The summed E-state index contributed by atoms with van der Waals surface area (Å²) in [6.45, 7) is 4.14. The predicted molar refractivity (Wildman–Crippen MR) is 89.7 cm³/mol. The number of hydrogen-bond acceptors (Lipinski definition) is 5. The summed E-state index contributed by atoms with van der Waals surface area (Å²) in [6, 6.07) is 1.76. The second kappa shape index (κ2) is 6.20. The van der Waals surface area contributed by atoms with Crippen molar-refractivity contribution in [2.75, 3.05) is 29.5 Å². The molecule has 22 heavy (non-hydrogen) atoms. The van der Waals surface area contributed by atoms with Crippen molar-refractivity contribution in [3.63, 3.8) is 0 Å². The van der Waals surface area contributed by atoms with Crippen LogP contribution in [-0.2, 0) is 16.3 Å². The van der Waals surface area contributed by atoms with E-state index in [9.17, 15) is 13.2 Å². The van der Waals surface area contributed by atoms with Gasteiger partial charge in [-0.1, -0.05) is 0 Å². The minimum Gasteiger partial charge on any atom is -0.363 e. The molecule has 1 N–H and O–H groups in total. The van der Waals surface area contributed by atoms with Gasteiger partial charge in [0.05, 0.1) is 21.4 Å². The van der Waals surface area contributed by atoms with E-state index >= 15 is 0 Å². The first-order chi connectivity index (χ1) is 10.5. The van der Waals surface area contributed by atoms with E-state index in [0.29, 0.717) is 11.3 Å². The molecule has 0 saturated carbocycles. The number of sulfone groups is 1. The Morgan fingerprint density at radius 3 is 2.95 bits per heavy atom. The molecule has 1 atom stereocenters. The third kappa shape index (κ3) is 3.30. The average molecular weight is 342 g/mol. The normalized spacial score (nSPS) is 23.9. The van der Waals surface area contributed by atoms with Crippen molar-refractivity contribution in [1.82, 2.24) is 5.32 Å². The van der Waals surface area contributed by atoms with E-state index in [1.807, 2.05) is 6.07 Å². The van der Waals surface area contributed by atoms with Crippen molar-refractivity contribution >= 4 is 32.1 Å². The van der Waals surface area contributed by atoms with Gasteiger partial charge in [0.2, 0.25) is 0 Å². The summed E-state index contributed by atoms with van der Waals surface area (Å²) in [7, 11) is -2.96. The minimum absolute atomic E-state index is 0.0743. The van der Waals surface area contributed by atoms with Gasteiger partial charge in [-0.05, 0) is 44.2 Å². The molecule has 3 heterocycles. The molecule has 7 heteroatoms. The number of thiophene rings is 1. The van der Waals surface area contributed by atoms with Crippen LogP contribution in [0.1, 0.15) is 41.4 Å². The smallest absolute Gasteiger partial charge is 0.261 e. The van der Waals surface area contributed by atoms with Crippen LogP contribution < -0.4 is 10.2 Å². The Bertz CT molecular complexity index is 666. The molecule has 2 aliphatic rings. The summed E-state index contributed by atoms with van der Waals surface area (Å²) in [5.74, 6) is 0.129. The third-order valence-electron chi connectivity index (χ3n) is 4.37. The van der Waals surface area contributed by atoms with Gasteiger partial charge in [0, 0.05) is 19.1 Å². The summed E-state index contributed by atoms with van der Waals surface area (Å²) < 4.78 is 23.0. The average Bonchev–Trinajstić information content (AvgIpc) is 2.97. The van der Waals surface area contributed by atoms with Gasteiger partial charge in [0.15, 0.2) is 9.84 Å². The molecule has 1 saturated heterocycles. The van der Waals surface area contributed by atoms with E-state index < -0.39 is 9.84 Å². The third-order valence-corrected chi connectivity index (χ3v) is 7.38. The summed E-state index contributed by atoms with van der Waals surface area (Å²) in [4.78, 5) is 15.4. The molecule has 1 aromatic rings. The summed E-state index contributed by atoms with van der Waals surface area (Å²) in [5, 5.41) is 4.09. The van der Waals surface area contributed by atoms with Crippen LogP contribution in [0.4, 0.5) is 5.00 Å². The molecule has 1 amide bonds. The summed E-state index contributed by atoms with van der Waals surface area (Å²) in [6.07, 6.45) is 3.90. The lowest BCUT2D eigenvalue weighted by molar-refractivity contribution is 0.0945. The minimum atomic E-state index is -2.96. The van der Waals surface area contributed by atoms with E-state index in [-0.39, 0.29) is 23.5 Å². The van der Waals surface area contributed by atoms with Gasteiger partial charge < -0.3 is 10.2 Å². The maximum Gasteiger partial charge on any atom is 0.261 e. The van der Waals surface area contributed by atoms with E-state index in [0.717, 1.165) is 25.9 Å². The molecule has 1 aromatic heterocycles. The van der Waals surface area contributed by atoms with Crippen molar-refractivity contribution in [3.8, 4) is 0 Å². The Kier molecular flexibility index (Phi) is 4.45. The highest BCUT2D eigenvalue weighted by atomic mass is 32.2. The molecular formula is C15H22N2O3S2. The Labute approximate surface area is 135 Å². The van der Waals surface area contributed by atoms with E-state index in [1.165, 1.54) is 28.3 Å². The summed E-state index contributed by atoms with van der Waals surface area (Å²) in [5.41, 5.74) is 1.26. The zero-order valence-corrected chi connectivity index (χ0v) is 14.4. The molecule has 0 spiro atoms. The van der Waals surface area contributed by atoms with Crippen LogP contribution in [0.3, 0.4) is 0 Å². The maximum absolute atomic E-state index is 12.4. The molecule has 1 unspecified atom stereocenters. The fraction of sp³-hybridized carbons (Fsp3) is 0.667. The first kappa shape index (κ1) is 15.8. The van der Waals surface area contributed by atoms with Gasteiger partial charge in [0.1, 0.15) is 0 Å². The number of aryl methyl sites for hydroxylation is 1. The van der Waals surface area contributed by atoms with Crippen molar-refractivity contribution in [1.29, 1.82) is 0 Å². The lowest BCUT2D eigenvalue weighted by atomic mass is 10.1. The van der Waals surface area contributed by atoms with Gasteiger partial charge in [-0.3, -0.25) is 4.79 Å². The van der Waals surface area contributed by atoms with Gasteiger partial charge in [-0.15, -0.1) is 11.3 Å². The Balaban J connectivity index is 1.74. The van der Waals surface area contributed by atoms with Gasteiger partial charge >= 0.3 is 0 Å². The zero-order valence-electron chi connectivity index (χ0n) is 12.8.